The Morgan fingerprint density at radius 2 is 1.97 bits per heavy atom. The standard InChI is InChI=1S/C24H30N4O2/c1-17-15-19(18(2)28(17)21-8-4-3-5-9-21)11-12-23(29)26-20-7-6-10-22(16-20)27-14-13-25-24(27)30/h6-7,10-12,15-16,21H,3-5,8-9,13-14H2,1-2H3,(H,25,30)(H,26,29)/b12-11+. The zero-order valence-electron chi connectivity index (χ0n) is 17.8. The fourth-order valence-electron chi connectivity index (χ4n) is 4.69. The molecule has 0 bridgehead atoms. The summed E-state index contributed by atoms with van der Waals surface area (Å²) in [6, 6.07) is 10.0. The number of carbonyl (C=O) groups is 2. The minimum absolute atomic E-state index is 0.105. The van der Waals surface area contributed by atoms with Crippen molar-refractivity contribution in [1.82, 2.24) is 9.88 Å². The highest BCUT2D eigenvalue weighted by Gasteiger charge is 2.21. The van der Waals surface area contributed by atoms with Crippen molar-refractivity contribution in [2.45, 2.75) is 52.0 Å². The van der Waals surface area contributed by atoms with Crippen molar-refractivity contribution in [2.75, 3.05) is 23.3 Å². The minimum atomic E-state index is -0.180. The Morgan fingerprint density at radius 3 is 2.70 bits per heavy atom. The molecule has 3 amide bonds. The smallest absolute Gasteiger partial charge is 0.321 e. The van der Waals surface area contributed by atoms with Gasteiger partial charge in [-0.1, -0.05) is 25.3 Å². The third-order valence-corrected chi connectivity index (χ3v) is 6.16. The van der Waals surface area contributed by atoms with E-state index in [9.17, 15) is 9.59 Å². The van der Waals surface area contributed by atoms with E-state index in [0.717, 1.165) is 11.3 Å². The molecule has 2 heterocycles. The number of carbonyl (C=O) groups excluding carboxylic acids is 2. The van der Waals surface area contributed by atoms with Crippen LogP contribution in [0.2, 0.25) is 0 Å². The summed E-state index contributed by atoms with van der Waals surface area (Å²) in [7, 11) is 0. The van der Waals surface area contributed by atoms with Crippen LogP contribution in [0, 0.1) is 13.8 Å². The molecule has 4 rings (SSSR count). The lowest BCUT2D eigenvalue weighted by molar-refractivity contribution is -0.111. The van der Waals surface area contributed by atoms with E-state index in [1.54, 1.807) is 11.0 Å². The van der Waals surface area contributed by atoms with Crippen LogP contribution < -0.4 is 15.5 Å². The highest BCUT2D eigenvalue weighted by Crippen LogP contribution is 2.32. The van der Waals surface area contributed by atoms with Crippen LogP contribution in [0.4, 0.5) is 16.2 Å². The van der Waals surface area contributed by atoms with Gasteiger partial charge in [0.25, 0.3) is 0 Å². The first-order valence-corrected chi connectivity index (χ1v) is 10.9. The van der Waals surface area contributed by atoms with Gasteiger partial charge in [0, 0.05) is 48.0 Å². The van der Waals surface area contributed by atoms with Crippen LogP contribution in [-0.4, -0.2) is 29.6 Å². The summed E-state index contributed by atoms with van der Waals surface area (Å²) in [5.41, 5.74) is 5.04. The number of benzene rings is 1. The number of amides is 3. The molecule has 1 aromatic carbocycles. The molecule has 2 aromatic rings. The molecule has 0 unspecified atom stereocenters. The van der Waals surface area contributed by atoms with Crippen molar-refractivity contribution in [1.29, 1.82) is 0 Å². The van der Waals surface area contributed by atoms with Gasteiger partial charge >= 0.3 is 6.03 Å². The molecule has 2 fully saturated rings. The van der Waals surface area contributed by atoms with Crippen molar-refractivity contribution in [2.24, 2.45) is 0 Å². The van der Waals surface area contributed by atoms with Gasteiger partial charge in [-0.05, 0) is 62.6 Å². The Labute approximate surface area is 177 Å². The van der Waals surface area contributed by atoms with Crippen LogP contribution in [-0.2, 0) is 4.79 Å². The van der Waals surface area contributed by atoms with Crippen LogP contribution in [0.1, 0.15) is 55.1 Å². The highest BCUT2D eigenvalue weighted by atomic mass is 16.2. The molecule has 0 atom stereocenters. The molecule has 0 radical (unpaired) electrons. The Hall–Kier alpha value is -3.02. The third kappa shape index (κ3) is 4.27. The maximum absolute atomic E-state index is 12.5. The second kappa shape index (κ2) is 8.78. The predicted molar refractivity (Wildman–Crippen MR) is 121 cm³/mol. The van der Waals surface area contributed by atoms with E-state index in [2.05, 4.69) is 35.1 Å². The van der Waals surface area contributed by atoms with Gasteiger partial charge in [0.1, 0.15) is 0 Å². The second-order valence-electron chi connectivity index (χ2n) is 8.24. The minimum Gasteiger partial charge on any atom is -0.346 e. The summed E-state index contributed by atoms with van der Waals surface area (Å²) in [6.45, 7) is 5.56. The number of hydrogen-bond donors (Lipinski definition) is 2. The largest absolute Gasteiger partial charge is 0.346 e. The molecule has 158 valence electrons. The van der Waals surface area contributed by atoms with E-state index in [4.69, 9.17) is 0 Å². The lowest BCUT2D eigenvalue weighted by Gasteiger charge is -2.26. The summed E-state index contributed by atoms with van der Waals surface area (Å²) in [6.07, 6.45) is 9.90. The van der Waals surface area contributed by atoms with Crippen LogP contribution in [0.25, 0.3) is 6.08 Å². The summed E-state index contributed by atoms with van der Waals surface area (Å²) < 4.78 is 2.45. The van der Waals surface area contributed by atoms with Gasteiger partial charge in [-0.25, -0.2) is 4.79 Å². The quantitative estimate of drug-likeness (QED) is 0.701. The molecule has 30 heavy (non-hydrogen) atoms. The van der Waals surface area contributed by atoms with E-state index < -0.39 is 0 Å². The van der Waals surface area contributed by atoms with Crippen LogP contribution in [0.15, 0.2) is 36.4 Å². The first-order chi connectivity index (χ1) is 14.5. The van der Waals surface area contributed by atoms with Crippen LogP contribution in [0.5, 0.6) is 0 Å². The number of nitrogens with zero attached hydrogens (tertiary/aromatic N) is 2. The van der Waals surface area contributed by atoms with Crippen molar-refractivity contribution >= 4 is 29.4 Å². The average molecular weight is 407 g/mol. The number of hydrogen-bond acceptors (Lipinski definition) is 2. The zero-order chi connectivity index (χ0) is 21.1. The Bertz CT molecular complexity index is 970. The first-order valence-electron chi connectivity index (χ1n) is 10.9. The lowest BCUT2D eigenvalue weighted by Crippen LogP contribution is -2.27. The molecule has 1 aliphatic heterocycles. The van der Waals surface area contributed by atoms with E-state index in [0.29, 0.717) is 24.8 Å². The van der Waals surface area contributed by atoms with Crippen molar-refractivity contribution < 1.29 is 9.59 Å². The molecule has 6 heteroatoms. The Balaban J connectivity index is 1.44. The molecule has 0 spiro atoms. The zero-order valence-corrected chi connectivity index (χ0v) is 17.8. The van der Waals surface area contributed by atoms with Gasteiger partial charge in [0.05, 0.1) is 0 Å². The maximum Gasteiger partial charge on any atom is 0.321 e. The topological polar surface area (TPSA) is 66.4 Å². The maximum atomic E-state index is 12.5. The fraction of sp³-hybridized carbons (Fsp3) is 0.417. The SMILES string of the molecule is Cc1cc(/C=C/C(=O)Nc2cccc(N3CCNC3=O)c2)c(C)n1C1CCCCC1. The molecule has 1 aliphatic carbocycles. The van der Waals surface area contributed by atoms with Gasteiger partial charge < -0.3 is 15.2 Å². The summed E-state index contributed by atoms with van der Waals surface area (Å²) in [4.78, 5) is 26.0. The number of urea groups is 1. The molecule has 1 saturated heterocycles. The molecule has 1 saturated carbocycles. The second-order valence-corrected chi connectivity index (χ2v) is 8.24. The Morgan fingerprint density at radius 1 is 1.17 bits per heavy atom. The van der Waals surface area contributed by atoms with E-state index >= 15 is 0 Å². The fourth-order valence-corrected chi connectivity index (χ4v) is 4.69. The van der Waals surface area contributed by atoms with Gasteiger partial charge in [-0.3, -0.25) is 9.69 Å². The van der Waals surface area contributed by atoms with Crippen LogP contribution >= 0.6 is 0 Å². The summed E-state index contributed by atoms with van der Waals surface area (Å²) in [5.74, 6) is -0.180. The van der Waals surface area contributed by atoms with Gasteiger partial charge in [0.2, 0.25) is 5.91 Å². The summed E-state index contributed by atoms with van der Waals surface area (Å²) >= 11 is 0. The highest BCUT2D eigenvalue weighted by molar-refractivity contribution is 6.02. The number of aryl methyl sites for hydroxylation is 1. The van der Waals surface area contributed by atoms with E-state index in [-0.39, 0.29) is 11.9 Å². The van der Waals surface area contributed by atoms with E-state index in [1.807, 2.05) is 30.3 Å². The molecule has 6 nitrogen and oxygen atoms in total. The van der Waals surface area contributed by atoms with E-state index in [1.165, 1.54) is 43.5 Å². The normalized spacial score (nSPS) is 17.5. The molecule has 2 aliphatic rings. The summed E-state index contributed by atoms with van der Waals surface area (Å²) in [5, 5.41) is 5.69. The number of nitrogens with one attached hydrogen (secondary N) is 2. The molecular formula is C24H30N4O2. The van der Waals surface area contributed by atoms with Gasteiger partial charge in [-0.15, -0.1) is 0 Å². The molecule has 1 aromatic heterocycles. The molecule has 2 N–H and O–H groups in total. The van der Waals surface area contributed by atoms with Crippen LogP contribution in [0.3, 0.4) is 0 Å². The average Bonchev–Trinajstić information content (AvgIpc) is 3.29. The van der Waals surface area contributed by atoms with Gasteiger partial charge in [0.15, 0.2) is 0 Å². The Kier molecular flexibility index (Phi) is 5.93. The molecular weight excluding hydrogens is 376 g/mol. The lowest BCUT2D eigenvalue weighted by atomic mass is 9.95. The first kappa shape index (κ1) is 20.3. The number of aromatic nitrogens is 1. The van der Waals surface area contributed by atoms with Gasteiger partial charge in [-0.2, -0.15) is 0 Å². The van der Waals surface area contributed by atoms with Crippen molar-refractivity contribution in [3.05, 3.63) is 53.4 Å². The van der Waals surface area contributed by atoms with Crippen molar-refractivity contribution in [3.63, 3.8) is 0 Å². The monoisotopic (exact) mass is 406 g/mol. The van der Waals surface area contributed by atoms with Crippen molar-refractivity contribution in [3.8, 4) is 0 Å². The number of rotatable bonds is 5. The third-order valence-electron chi connectivity index (χ3n) is 6.16. The predicted octanol–water partition coefficient (Wildman–Crippen LogP) is 4.79. The number of anilines is 2.